The predicted octanol–water partition coefficient (Wildman–Crippen LogP) is 3.55. The summed E-state index contributed by atoms with van der Waals surface area (Å²) in [5, 5.41) is 14.4. The molecule has 2 aromatic carbocycles. The number of nitrogens with one attached hydrogen (secondary N) is 2. The molecule has 1 unspecified atom stereocenters. The van der Waals surface area contributed by atoms with Crippen molar-refractivity contribution in [1.82, 2.24) is 15.3 Å². The Balaban J connectivity index is 0.000000246. The first-order valence-electron chi connectivity index (χ1n) is 10.6. The Morgan fingerprint density at radius 2 is 1.71 bits per heavy atom. The molecule has 0 fully saturated rings. The van der Waals surface area contributed by atoms with Crippen molar-refractivity contribution in [2.24, 2.45) is 0 Å². The van der Waals surface area contributed by atoms with Gasteiger partial charge < -0.3 is 21.5 Å². The molecule has 0 aliphatic carbocycles. The maximum Gasteiger partial charge on any atom is 0.326 e. The number of anilines is 2. The molecule has 3 rings (SSSR count). The van der Waals surface area contributed by atoms with E-state index in [1.807, 2.05) is 18.2 Å². The minimum Gasteiger partial charge on any atom is -0.480 e. The molecule has 10 heteroatoms. The molecule has 1 heterocycles. The van der Waals surface area contributed by atoms with E-state index in [4.69, 9.17) is 10.8 Å². The number of amides is 1. The van der Waals surface area contributed by atoms with Crippen molar-refractivity contribution in [3.8, 4) is 0 Å². The van der Waals surface area contributed by atoms with Gasteiger partial charge in [0.05, 0.1) is 18.8 Å². The summed E-state index contributed by atoms with van der Waals surface area (Å²) < 4.78 is 25.8. The lowest BCUT2D eigenvalue weighted by Gasteiger charge is -2.13. The molecule has 8 nitrogen and oxygen atoms in total. The van der Waals surface area contributed by atoms with Crippen molar-refractivity contribution in [2.45, 2.75) is 38.8 Å². The van der Waals surface area contributed by atoms with E-state index in [0.29, 0.717) is 24.7 Å². The molecule has 0 bridgehead atoms. The third kappa shape index (κ3) is 9.60. The van der Waals surface area contributed by atoms with Gasteiger partial charge in [0.15, 0.2) is 0 Å². The fourth-order valence-corrected chi connectivity index (χ4v) is 2.91. The number of hydrogen-bond donors (Lipinski definition) is 4. The second-order valence-electron chi connectivity index (χ2n) is 7.37. The van der Waals surface area contributed by atoms with Gasteiger partial charge in [0.25, 0.3) is 0 Å². The summed E-state index contributed by atoms with van der Waals surface area (Å²) in [5.41, 5.74) is 6.80. The summed E-state index contributed by atoms with van der Waals surface area (Å²) in [6.45, 7) is 2.53. The number of halogens is 2. The minimum absolute atomic E-state index is 0.163. The van der Waals surface area contributed by atoms with Crippen LogP contribution >= 0.6 is 0 Å². The molecule has 180 valence electrons. The largest absolute Gasteiger partial charge is 0.480 e. The Morgan fingerprint density at radius 3 is 2.26 bits per heavy atom. The van der Waals surface area contributed by atoms with Crippen LogP contribution in [-0.2, 0) is 22.6 Å². The molecular formula is C24H27F2N5O3. The van der Waals surface area contributed by atoms with Crippen LogP contribution in [0.4, 0.5) is 20.4 Å². The number of benzene rings is 2. The first-order chi connectivity index (χ1) is 16.3. The van der Waals surface area contributed by atoms with Crippen LogP contribution in [0.3, 0.4) is 0 Å². The highest BCUT2D eigenvalue weighted by Gasteiger charge is 2.19. The molecule has 1 atom stereocenters. The Hall–Kier alpha value is -4.08. The average molecular weight is 472 g/mol. The van der Waals surface area contributed by atoms with Crippen LogP contribution in [0, 0.1) is 11.6 Å². The van der Waals surface area contributed by atoms with Crippen LogP contribution in [0.2, 0.25) is 0 Å². The maximum atomic E-state index is 12.9. The van der Waals surface area contributed by atoms with Crippen LogP contribution in [0.5, 0.6) is 0 Å². The van der Waals surface area contributed by atoms with E-state index < -0.39 is 29.6 Å². The molecule has 0 spiro atoms. The summed E-state index contributed by atoms with van der Waals surface area (Å²) in [6.07, 6.45) is 3.80. The number of nitrogens with zero attached hydrogens (tertiary/aromatic N) is 2. The third-order valence-corrected chi connectivity index (χ3v) is 4.49. The van der Waals surface area contributed by atoms with Crippen LogP contribution in [-0.4, -0.2) is 33.0 Å². The number of aliphatic carboxylic acids is 1. The highest BCUT2D eigenvalue weighted by molar-refractivity contribution is 5.84. The second kappa shape index (κ2) is 13.5. The first kappa shape index (κ1) is 26.2. The van der Waals surface area contributed by atoms with Crippen molar-refractivity contribution in [2.75, 3.05) is 11.1 Å². The summed E-state index contributed by atoms with van der Waals surface area (Å²) in [6, 6.07) is 11.9. The van der Waals surface area contributed by atoms with Crippen molar-refractivity contribution < 1.29 is 23.5 Å². The molecule has 0 saturated heterocycles. The first-order valence-corrected chi connectivity index (χ1v) is 10.6. The van der Waals surface area contributed by atoms with Crippen molar-refractivity contribution in [1.29, 1.82) is 0 Å². The van der Waals surface area contributed by atoms with Crippen molar-refractivity contribution >= 4 is 23.5 Å². The molecule has 3 aromatic rings. The lowest BCUT2D eigenvalue weighted by Crippen LogP contribution is -2.41. The summed E-state index contributed by atoms with van der Waals surface area (Å²) in [4.78, 5) is 30.5. The van der Waals surface area contributed by atoms with Gasteiger partial charge in [-0.25, -0.2) is 23.5 Å². The summed E-state index contributed by atoms with van der Waals surface area (Å²) in [5.74, 6) is -2.09. The number of carboxylic acids is 1. The normalized spacial score (nSPS) is 11.0. The van der Waals surface area contributed by atoms with Crippen molar-refractivity contribution in [3.05, 3.63) is 83.7 Å². The highest BCUT2D eigenvalue weighted by Crippen LogP contribution is 2.09. The molecule has 34 heavy (non-hydrogen) atoms. The Bertz CT molecular complexity index is 1050. The average Bonchev–Trinajstić information content (AvgIpc) is 2.79. The van der Waals surface area contributed by atoms with Crippen molar-refractivity contribution in [3.63, 3.8) is 0 Å². The van der Waals surface area contributed by atoms with Gasteiger partial charge in [-0.3, -0.25) is 4.79 Å². The van der Waals surface area contributed by atoms with E-state index in [9.17, 15) is 18.4 Å². The number of carboxylic acid groups (broad SMARTS) is 1. The number of carbonyl (C=O) groups is 2. The quantitative estimate of drug-likeness (QED) is 0.375. The van der Waals surface area contributed by atoms with E-state index >= 15 is 0 Å². The molecule has 0 aliphatic heterocycles. The van der Waals surface area contributed by atoms with Crippen LogP contribution < -0.4 is 16.4 Å². The molecular weight excluding hydrogens is 444 g/mol. The van der Waals surface area contributed by atoms with E-state index in [1.54, 1.807) is 13.1 Å². The summed E-state index contributed by atoms with van der Waals surface area (Å²) in [7, 11) is 0. The standard InChI is InChI=1S/C13H15F2NO3.C11H12N4/c1-2-3-11(13(18)19)16-12(17)6-8-4-9(14)7-10(15)5-8;12-10-7-15-11(8-13-10)14-6-9-4-2-1-3-5-9/h4-5,7,11H,2-3,6H2,1H3,(H,16,17)(H,18,19);1-5,7-8H,6H2,(H2,12,13)(H,14,15). The lowest BCUT2D eigenvalue weighted by molar-refractivity contribution is -0.141. The van der Waals surface area contributed by atoms with E-state index in [-0.39, 0.29) is 12.0 Å². The zero-order chi connectivity index (χ0) is 24.9. The summed E-state index contributed by atoms with van der Waals surface area (Å²) >= 11 is 0. The van der Waals surface area contributed by atoms with Crippen LogP contribution in [0.1, 0.15) is 30.9 Å². The van der Waals surface area contributed by atoms with Gasteiger partial charge in [0, 0.05) is 12.6 Å². The topological polar surface area (TPSA) is 130 Å². The number of rotatable bonds is 9. The van der Waals surface area contributed by atoms with Crippen LogP contribution in [0.15, 0.2) is 60.9 Å². The lowest BCUT2D eigenvalue weighted by atomic mass is 10.1. The van der Waals surface area contributed by atoms with E-state index in [1.165, 1.54) is 11.8 Å². The molecule has 1 amide bonds. The predicted molar refractivity (Wildman–Crippen MR) is 125 cm³/mol. The number of nitrogen functional groups attached to an aromatic ring is 1. The number of hydrogen-bond acceptors (Lipinski definition) is 6. The van der Waals surface area contributed by atoms with Gasteiger partial charge in [-0.1, -0.05) is 43.7 Å². The highest BCUT2D eigenvalue weighted by atomic mass is 19.1. The number of carbonyl (C=O) groups excluding carboxylic acids is 1. The van der Waals surface area contributed by atoms with Crippen LogP contribution in [0.25, 0.3) is 0 Å². The zero-order valence-electron chi connectivity index (χ0n) is 18.7. The second-order valence-corrected chi connectivity index (χ2v) is 7.37. The number of aromatic nitrogens is 2. The SMILES string of the molecule is CCCC(NC(=O)Cc1cc(F)cc(F)c1)C(=O)O.Nc1cnc(NCc2ccccc2)cn1. The zero-order valence-corrected chi connectivity index (χ0v) is 18.7. The smallest absolute Gasteiger partial charge is 0.326 e. The molecule has 0 saturated carbocycles. The minimum atomic E-state index is -1.12. The molecule has 0 radical (unpaired) electrons. The Kier molecular flexibility index (Phi) is 10.4. The van der Waals surface area contributed by atoms with Gasteiger partial charge in [0.1, 0.15) is 29.3 Å². The molecule has 0 aliphatic rings. The third-order valence-electron chi connectivity index (χ3n) is 4.49. The Morgan fingerprint density at radius 1 is 1.03 bits per heavy atom. The van der Waals surface area contributed by atoms with E-state index in [0.717, 1.165) is 24.5 Å². The fraction of sp³-hybridized carbons (Fsp3) is 0.250. The monoisotopic (exact) mass is 471 g/mol. The number of nitrogens with two attached hydrogens (primary N) is 1. The van der Waals surface area contributed by atoms with Gasteiger partial charge in [-0.2, -0.15) is 0 Å². The Labute approximate surface area is 196 Å². The van der Waals surface area contributed by atoms with Gasteiger partial charge in [0.2, 0.25) is 5.91 Å². The van der Waals surface area contributed by atoms with Gasteiger partial charge in [-0.15, -0.1) is 0 Å². The van der Waals surface area contributed by atoms with Gasteiger partial charge in [-0.05, 0) is 29.7 Å². The molecule has 5 N–H and O–H groups in total. The van der Waals surface area contributed by atoms with E-state index in [2.05, 4.69) is 32.7 Å². The fourth-order valence-electron chi connectivity index (χ4n) is 2.91. The van der Waals surface area contributed by atoms with Gasteiger partial charge >= 0.3 is 5.97 Å². The maximum absolute atomic E-state index is 12.9. The molecule has 1 aromatic heterocycles.